The van der Waals surface area contributed by atoms with Gasteiger partial charge in [-0.2, -0.15) is 8.42 Å². The molecule has 4 amide bonds. The van der Waals surface area contributed by atoms with E-state index in [0.29, 0.717) is 25.0 Å². The van der Waals surface area contributed by atoms with E-state index in [-0.39, 0.29) is 17.3 Å². The van der Waals surface area contributed by atoms with Crippen LogP contribution in [-0.2, 0) is 25.5 Å². The molecule has 1 aliphatic heterocycles. The number of nitrogens with zero attached hydrogens (tertiary/aromatic N) is 1. The summed E-state index contributed by atoms with van der Waals surface area (Å²) in [6.07, 6.45) is -0.393. The molecule has 0 aliphatic carbocycles. The molecule has 0 saturated carbocycles. The van der Waals surface area contributed by atoms with E-state index in [1.54, 1.807) is 0 Å². The molecular weight excluding hydrogens is 374 g/mol. The van der Waals surface area contributed by atoms with Crippen LogP contribution in [0.15, 0.2) is 40.3 Å². The van der Waals surface area contributed by atoms with Gasteiger partial charge in [-0.15, -0.1) is 0 Å². The van der Waals surface area contributed by atoms with Gasteiger partial charge in [-0.05, 0) is 43.0 Å². The van der Waals surface area contributed by atoms with Crippen LogP contribution in [0.3, 0.4) is 0 Å². The first-order valence-electron chi connectivity index (χ1n) is 8.27. The average Bonchev–Trinajstić information content (AvgIpc) is 2.88. The number of hydrogen-bond donors (Lipinski definition) is 2. The van der Waals surface area contributed by atoms with E-state index in [9.17, 15) is 22.8 Å². The highest BCUT2D eigenvalue weighted by molar-refractivity contribution is 7.87. The molecule has 2 rings (SSSR count). The van der Waals surface area contributed by atoms with Gasteiger partial charge in [0.05, 0.1) is 6.54 Å². The molecule has 0 fully saturated rings. The predicted molar refractivity (Wildman–Crippen MR) is 96.1 cm³/mol. The maximum Gasteiger partial charge on any atom is 0.420 e. The minimum Gasteiger partial charge on any atom is -0.337 e. The third kappa shape index (κ3) is 4.85. The molecule has 1 aliphatic rings. The van der Waals surface area contributed by atoms with Crippen LogP contribution in [0.5, 0.6) is 0 Å². The predicted octanol–water partition coefficient (Wildman–Crippen LogP) is 1.29. The molecule has 0 bridgehead atoms. The van der Waals surface area contributed by atoms with Gasteiger partial charge in [-0.25, -0.2) is 9.59 Å². The van der Waals surface area contributed by atoms with Crippen molar-refractivity contribution in [3.63, 3.8) is 0 Å². The van der Waals surface area contributed by atoms with Crippen LogP contribution in [0, 0.1) is 0 Å². The number of amides is 4. The van der Waals surface area contributed by atoms with E-state index in [1.165, 1.54) is 29.2 Å². The SMILES string of the molecule is CCC1=C(C)CN(C(=O)NCCc2ccc(S(=O)(=O)OC(N)=O)cc2)C1=O. The maximum absolute atomic E-state index is 12.2. The summed E-state index contributed by atoms with van der Waals surface area (Å²) < 4.78 is 27.5. The number of carbonyl (C=O) groups is 3. The Morgan fingerprint density at radius 1 is 1.26 bits per heavy atom. The molecule has 3 N–H and O–H groups in total. The summed E-state index contributed by atoms with van der Waals surface area (Å²) in [6, 6.07) is 5.16. The zero-order chi connectivity index (χ0) is 20.2. The van der Waals surface area contributed by atoms with Crippen molar-refractivity contribution in [1.29, 1.82) is 0 Å². The highest BCUT2D eigenvalue weighted by Crippen LogP contribution is 2.21. The zero-order valence-electron chi connectivity index (χ0n) is 15.0. The summed E-state index contributed by atoms with van der Waals surface area (Å²) in [5.41, 5.74) is 7.03. The first-order valence-corrected chi connectivity index (χ1v) is 9.67. The Morgan fingerprint density at radius 3 is 2.41 bits per heavy atom. The monoisotopic (exact) mass is 395 g/mol. The molecule has 9 nitrogen and oxygen atoms in total. The van der Waals surface area contributed by atoms with Gasteiger partial charge in [0.15, 0.2) is 0 Å². The highest BCUT2D eigenvalue weighted by atomic mass is 32.2. The standard InChI is InChI=1S/C17H21N3O6S/c1-3-14-11(2)10-20(15(14)21)17(23)19-9-8-12-4-6-13(7-5-12)27(24,25)26-16(18)22/h4-7H,3,8-10H2,1-2H3,(H2,18,22)(H,19,23). The summed E-state index contributed by atoms with van der Waals surface area (Å²) in [6.45, 7) is 4.27. The Labute approximate surface area is 157 Å². The quantitative estimate of drug-likeness (QED) is 0.697. The molecule has 0 aromatic heterocycles. The average molecular weight is 395 g/mol. The fourth-order valence-electron chi connectivity index (χ4n) is 2.76. The molecule has 1 heterocycles. The zero-order valence-corrected chi connectivity index (χ0v) is 15.8. The number of benzene rings is 1. The van der Waals surface area contributed by atoms with Crippen LogP contribution in [-0.4, -0.2) is 44.4 Å². The molecular formula is C17H21N3O6S. The molecule has 1 aromatic carbocycles. The van der Waals surface area contributed by atoms with E-state index in [0.717, 1.165) is 11.1 Å². The van der Waals surface area contributed by atoms with E-state index in [4.69, 9.17) is 5.73 Å². The summed E-state index contributed by atoms with van der Waals surface area (Å²) in [7, 11) is -4.23. The third-order valence-electron chi connectivity index (χ3n) is 4.11. The van der Waals surface area contributed by atoms with E-state index in [2.05, 4.69) is 9.50 Å². The van der Waals surface area contributed by atoms with E-state index < -0.39 is 22.2 Å². The number of imide groups is 1. The fourth-order valence-corrected chi connectivity index (χ4v) is 3.54. The summed E-state index contributed by atoms with van der Waals surface area (Å²) in [5, 5.41) is 2.68. The number of primary amides is 1. The van der Waals surface area contributed by atoms with Gasteiger partial charge in [0.1, 0.15) is 4.90 Å². The molecule has 1 aromatic rings. The molecule has 27 heavy (non-hydrogen) atoms. The Balaban J connectivity index is 1.88. The Bertz CT molecular complexity index is 890. The molecule has 0 radical (unpaired) electrons. The second-order valence-corrected chi connectivity index (χ2v) is 7.53. The summed E-state index contributed by atoms with van der Waals surface area (Å²) in [4.78, 5) is 35.9. The van der Waals surface area contributed by atoms with Crippen molar-refractivity contribution in [2.45, 2.75) is 31.6 Å². The molecule has 0 atom stereocenters. The minimum atomic E-state index is -4.23. The normalized spacial score (nSPS) is 14.4. The van der Waals surface area contributed by atoms with Crippen molar-refractivity contribution in [3.8, 4) is 0 Å². The lowest BCUT2D eigenvalue weighted by molar-refractivity contribution is -0.123. The van der Waals surface area contributed by atoms with E-state index >= 15 is 0 Å². The smallest absolute Gasteiger partial charge is 0.337 e. The summed E-state index contributed by atoms with van der Waals surface area (Å²) >= 11 is 0. The van der Waals surface area contributed by atoms with Crippen molar-refractivity contribution >= 4 is 28.1 Å². The van der Waals surface area contributed by atoms with Crippen LogP contribution >= 0.6 is 0 Å². The van der Waals surface area contributed by atoms with Crippen LogP contribution in [0.2, 0.25) is 0 Å². The van der Waals surface area contributed by atoms with Gasteiger partial charge >= 0.3 is 22.2 Å². The third-order valence-corrected chi connectivity index (χ3v) is 5.34. The first-order chi connectivity index (χ1) is 12.7. The topological polar surface area (TPSA) is 136 Å². The maximum atomic E-state index is 12.2. The highest BCUT2D eigenvalue weighted by Gasteiger charge is 2.31. The lowest BCUT2D eigenvalue weighted by Gasteiger charge is -2.16. The number of rotatable bonds is 6. The Morgan fingerprint density at radius 2 is 1.89 bits per heavy atom. The lowest BCUT2D eigenvalue weighted by atomic mass is 10.1. The van der Waals surface area contributed by atoms with Gasteiger partial charge in [-0.1, -0.05) is 19.1 Å². The van der Waals surface area contributed by atoms with Gasteiger partial charge in [0, 0.05) is 12.1 Å². The number of urea groups is 1. The van der Waals surface area contributed by atoms with Crippen LogP contribution in [0.4, 0.5) is 9.59 Å². The Kier molecular flexibility index (Phi) is 6.21. The summed E-state index contributed by atoms with van der Waals surface area (Å²) in [5.74, 6) is -0.267. The van der Waals surface area contributed by atoms with Crippen LogP contribution < -0.4 is 11.1 Å². The fraction of sp³-hybridized carbons (Fsp3) is 0.353. The van der Waals surface area contributed by atoms with Crippen LogP contribution in [0.25, 0.3) is 0 Å². The molecule has 0 saturated heterocycles. The molecule has 146 valence electrons. The minimum absolute atomic E-state index is 0.203. The number of hydrogen-bond acceptors (Lipinski definition) is 6. The van der Waals surface area contributed by atoms with Crippen molar-refractivity contribution in [2.75, 3.05) is 13.1 Å². The van der Waals surface area contributed by atoms with Crippen LogP contribution in [0.1, 0.15) is 25.8 Å². The number of nitrogens with one attached hydrogen (secondary N) is 1. The van der Waals surface area contributed by atoms with Crippen molar-refractivity contribution in [1.82, 2.24) is 10.2 Å². The lowest BCUT2D eigenvalue weighted by Crippen LogP contribution is -2.42. The second kappa shape index (κ2) is 8.21. The largest absolute Gasteiger partial charge is 0.420 e. The second-order valence-electron chi connectivity index (χ2n) is 5.99. The molecule has 0 spiro atoms. The van der Waals surface area contributed by atoms with Gasteiger partial charge in [-0.3, -0.25) is 9.69 Å². The van der Waals surface area contributed by atoms with Crippen molar-refractivity contribution in [2.24, 2.45) is 5.73 Å². The molecule has 10 heteroatoms. The number of carbonyl (C=O) groups excluding carboxylic acids is 3. The van der Waals surface area contributed by atoms with E-state index in [1.807, 2.05) is 13.8 Å². The van der Waals surface area contributed by atoms with Gasteiger partial charge in [0.25, 0.3) is 5.91 Å². The Hall–Kier alpha value is -2.88. The first kappa shape index (κ1) is 20.4. The van der Waals surface area contributed by atoms with Crippen molar-refractivity contribution in [3.05, 3.63) is 41.0 Å². The van der Waals surface area contributed by atoms with Crippen molar-refractivity contribution < 1.29 is 27.0 Å². The number of nitrogens with two attached hydrogens (primary N) is 1. The molecule has 0 unspecified atom stereocenters. The van der Waals surface area contributed by atoms with Gasteiger partial charge in [0.2, 0.25) is 0 Å². The van der Waals surface area contributed by atoms with Gasteiger partial charge < -0.3 is 15.2 Å².